The second kappa shape index (κ2) is 15.6. The Labute approximate surface area is 335 Å². The predicted octanol–water partition coefficient (Wildman–Crippen LogP) is 11.3. The van der Waals surface area contributed by atoms with E-state index in [-0.39, 0.29) is 22.5 Å². The van der Waals surface area contributed by atoms with Gasteiger partial charge in [0.1, 0.15) is 27.4 Å². The highest BCUT2D eigenvalue weighted by atomic mass is 32.2. The molecule has 57 heavy (non-hydrogen) atoms. The molecule has 0 radical (unpaired) electrons. The van der Waals surface area contributed by atoms with E-state index in [1.54, 1.807) is 6.07 Å². The average Bonchev–Trinajstić information content (AvgIpc) is 3.50. The van der Waals surface area contributed by atoms with Gasteiger partial charge < -0.3 is 19.3 Å². The predicted molar refractivity (Wildman–Crippen MR) is 224 cm³/mol. The molecule has 1 N–H and O–H groups in total. The number of rotatable bonds is 12. The topological polar surface area (TPSA) is 107 Å². The van der Waals surface area contributed by atoms with Gasteiger partial charge in [-0.15, -0.1) is 0 Å². The molecule has 0 saturated heterocycles. The Morgan fingerprint density at radius 3 is 2.40 bits per heavy atom. The lowest BCUT2D eigenvalue weighted by Crippen LogP contribution is -2.22. The molecular weight excluding hydrogens is 738 g/mol. The summed E-state index contributed by atoms with van der Waals surface area (Å²) in [6.45, 7) is 8.73. The maximum Gasteiger partial charge on any atom is 0.303 e. The van der Waals surface area contributed by atoms with Crippen molar-refractivity contribution in [3.05, 3.63) is 154 Å². The van der Waals surface area contributed by atoms with Crippen LogP contribution in [0.1, 0.15) is 95.8 Å². The molecule has 1 heterocycles. The molecule has 0 aromatic heterocycles. The smallest absolute Gasteiger partial charge is 0.303 e. The summed E-state index contributed by atoms with van der Waals surface area (Å²) in [5.41, 5.74) is 8.93. The minimum atomic E-state index is -4.63. The fraction of sp³-hybridized carbons (Fsp3) is 0.312. The van der Waals surface area contributed by atoms with Gasteiger partial charge in [0.2, 0.25) is 0 Å². The number of benzene rings is 4. The SMILES string of the molecule is CN1/C(=C/C=C2\CCCC(/C=C/C3=C(CCCCCC(=O)O)c4ccc(F)cc4C3(C)C)=C2Oc2ccc(S(=O)(=O)[O-])cc2)C(C)(C)c2c1ccc1ccccc21. The van der Waals surface area contributed by atoms with Crippen molar-refractivity contribution in [2.75, 3.05) is 11.9 Å². The Balaban J connectivity index is 1.30. The molecule has 296 valence electrons. The zero-order valence-corrected chi connectivity index (χ0v) is 34.0. The number of fused-ring (bicyclic) bond motifs is 4. The van der Waals surface area contributed by atoms with E-state index in [1.165, 1.54) is 52.4 Å². The summed E-state index contributed by atoms with van der Waals surface area (Å²) in [5.74, 6) is -0.00584. The average molecular weight is 787 g/mol. The number of likely N-dealkylation sites (N-methyl/N-ethyl adjacent to an activating group) is 1. The Morgan fingerprint density at radius 1 is 0.912 bits per heavy atom. The molecule has 1 aliphatic heterocycles. The normalized spacial score (nSPS) is 19.0. The Hall–Kier alpha value is -5.25. The molecule has 0 saturated carbocycles. The van der Waals surface area contributed by atoms with Crippen molar-refractivity contribution in [2.24, 2.45) is 0 Å². The van der Waals surface area contributed by atoms with Crippen molar-refractivity contribution in [1.29, 1.82) is 0 Å². The third-order valence-electron chi connectivity index (χ3n) is 11.9. The number of unbranched alkanes of at least 4 members (excludes halogenated alkanes) is 2. The first-order valence-corrected chi connectivity index (χ1v) is 21.1. The van der Waals surface area contributed by atoms with Gasteiger partial charge in [-0.05, 0) is 137 Å². The lowest BCUT2D eigenvalue weighted by atomic mass is 9.80. The van der Waals surface area contributed by atoms with Crippen molar-refractivity contribution in [1.82, 2.24) is 0 Å². The molecule has 7 nitrogen and oxygen atoms in total. The van der Waals surface area contributed by atoms with Gasteiger partial charge in [-0.2, -0.15) is 0 Å². The quantitative estimate of drug-likeness (QED) is 0.113. The highest BCUT2D eigenvalue weighted by molar-refractivity contribution is 7.85. The summed E-state index contributed by atoms with van der Waals surface area (Å²) >= 11 is 0. The standard InChI is InChI=1S/C48H50FNO6S/c1-47(2)40(38(16-7-6-8-17-44(51)52)39-26-21-34(49)30-41(39)47)27-18-32-13-11-14-33(46(32)56-35-22-24-36(25-23-35)57(53,54)55)20-29-43-48(3,4)45-37-15-10-9-12-31(37)19-28-42(45)50(43)5/h9-10,12,15,18-30H,6-8,11,13-14,16-17H2,1-5H3,(H,51,52)(H,53,54,55)/p-1/b27-18+,33-20+,43-29+. The van der Waals surface area contributed by atoms with Crippen molar-refractivity contribution < 1.29 is 32.0 Å². The molecule has 3 aliphatic rings. The zero-order chi connectivity index (χ0) is 40.7. The van der Waals surface area contributed by atoms with Crippen LogP contribution in [0.25, 0.3) is 16.3 Å². The van der Waals surface area contributed by atoms with E-state index in [1.807, 2.05) is 6.07 Å². The largest absolute Gasteiger partial charge is 0.744 e. The van der Waals surface area contributed by atoms with E-state index in [0.717, 1.165) is 77.6 Å². The van der Waals surface area contributed by atoms with Crippen LogP contribution in [0.4, 0.5) is 10.1 Å². The molecule has 9 heteroatoms. The first-order valence-electron chi connectivity index (χ1n) is 19.7. The van der Waals surface area contributed by atoms with Crippen molar-refractivity contribution >= 4 is 38.1 Å². The van der Waals surface area contributed by atoms with Crippen LogP contribution in [-0.4, -0.2) is 31.1 Å². The van der Waals surface area contributed by atoms with Gasteiger partial charge in [0.05, 0.1) is 4.90 Å². The summed E-state index contributed by atoms with van der Waals surface area (Å²) in [6.07, 6.45) is 14.0. The molecule has 0 atom stereocenters. The second-order valence-corrected chi connectivity index (χ2v) is 17.7. The van der Waals surface area contributed by atoms with Crippen LogP contribution in [-0.2, 0) is 25.7 Å². The minimum Gasteiger partial charge on any atom is -0.744 e. The fourth-order valence-electron chi connectivity index (χ4n) is 9.00. The van der Waals surface area contributed by atoms with E-state index in [9.17, 15) is 22.2 Å². The van der Waals surface area contributed by atoms with E-state index < -0.39 is 21.5 Å². The highest BCUT2D eigenvalue weighted by Crippen LogP contribution is 2.51. The Morgan fingerprint density at radius 2 is 1.67 bits per heavy atom. The van der Waals surface area contributed by atoms with Crippen molar-refractivity contribution in [3.8, 4) is 5.75 Å². The number of hydrogen-bond donors (Lipinski definition) is 1. The summed E-state index contributed by atoms with van der Waals surface area (Å²) < 4.78 is 56.5. The molecule has 7 rings (SSSR count). The van der Waals surface area contributed by atoms with E-state index in [0.29, 0.717) is 17.9 Å². The first kappa shape index (κ1) is 40.0. The van der Waals surface area contributed by atoms with E-state index in [2.05, 4.69) is 100 Å². The van der Waals surface area contributed by atoms with Crippen LogP contribution in [0, 0.1) is 5.82 Å². The molecule has 0 amide bonds. The summed E-state index contributed by atoms with van der Waals surface area (Å²) in [6, 6.07) is 23.4. The molecule has 4 aromatic carbocycles. The van der Waals surface area contributed by atoms with Crippen LogP contribution < -0.4 is 9.64 Å². The van der Waals surface area contributed by atoms with Crippen molar-refractivity contribution in [3.63, 3.8) is 0 Å². The van der Waals surface area contributed by atoms with Crippen LogP contribution in [0.2, 0.25) is 0 Å². The highest BCUT2D eigenvalue weighted by Gasteiger charge is 2.40. The first-order chi connectivity index (χ1) is 27.1. The van der Waals surface area contributed by atoms with Crippen molar-refractivity contribution in [2.45, 2.75) is 94.8 Å². The third kappa shape index (κ3) is 7.88. The number of aliphatic carboxylic acids is 1. The van der Waals surface area contributed by atoms with Gasteiger partial charge in [-0.3, -0.25) is 4.79 Å². The second-order valence-electron chi connectivity index (χ2n) is 16.3. The maximum absolute atomic E-state index is 14.7. The number of hydrogen-bond acceptors (Lipinski definition) is 6. The number of carboxylic acid groups (broad SMARTS) is 1. The third-order valence-corrected chi connectivity index (χ3v) is 12.7. The minimum absolute atomic E-state index is 0.135. The number of anilines is 1. The maximum atomic E-state index is 14.7. The fourth-order valence-corrected chi connectivity index (χ4v) is 9.47. The lowest BCUT2D eigenvalue weighted by Gasteiger charge is -2.26. The molecule has 0 fully saturated rings. The number of allylic oxidation sites excluding steroid dienone is 9. The van der Waals surface area contributed by atoms with Gasteiger partial charge in [-0.25, -0.2) is 12.8 Å². The number of nitrogens with zero attached hydrogens (tertiary/aromatic N) is 1. The summed E-state index contributed by atoms with van der Waals surface area (Å²) in [5, 5.41) is 11.6. The van der Waals surface area contributed by atoms with Gasteiger partial charge in [-0.1, -0.05) is 88.7 Å². The Bertz CT molecular complexity index is 2520. The summed E-state index contributed by atoms with van der Waals surface area (Å²) in [7, 11) is -2.52. The molecule has 2 aliphatic carbocycles. The van der Waals surface area contributed by atoms with E-state index >= 15 is 0 Å². The molecule has 0 unspecified atom stereocenters. The number of carboxylic acids is 1. The van der Waals surface area contributed by atoms with Gasteiger partial charge in [0, 0.05) is 35.7 Å². The van der Waals surface area contributed by atoms with Gasteiger partial charge in [0.15, 0.2) is 0 Å². The van der Waals surface area contributed by atoms with Gasteiger partial charge >= 0.3 is 5.97 Å². The zero-order valence-electron chi connectivity index (χ0n) is 33.2. The summed E-state index contributed by atoms with van der Waals surface area (Å²) in [4.78, 5) is 13.1. The Kier molecular flexibility index (Phi) is 10.9. The molecule has 0 bridgehead atoms. The number of carbonyl (C=O) groups is 1. The lowest BCUT2D eigenvalue weighted by molar-refractivity contribution is -0.137. The molecule has 0 spiro atoms. The number of halogens is 1. The molecular formula is C48H49FNO6S-. The van der Waals surface area contributed by atoms with Crippen LogP contribution in [0.5, 0.6) is 5.75 Å². The number of ether oxygens (including phenoxy) is 1. The van der Waals surface area contributed by atoms with E-state index in [4.69, 9.17) is 9.84 Å². The monoisotopic (exact) mass is 786 g/mol. The van der Waals surface area contributed by atoms with Crippen LogP contribution >= 0.6 is 0 Å². The van der Waals surface area contributed by atoms with Crippen LogP contribution in [0.3, 0.4) is 0 Å². The molecule has 4 aromatic rings. The van der Waals surface area contributed by atoms with Gasteiger partial charge in [0.25, 0.3) is 0 Å². The van der Waals surface area contributed by atoms with Crippen LogP contribution in [0.15, 0.2) is 136 Å².